The molecule has 156 valence electrons. The molecule has 3 aromatic rings. The van der Waals surface area contributed by atoms with E-state index in [-0.39, 0.29) is 5.69 Å². The largest absolute Gasteiger partial charge is 0.418 e. The number of hydrogen-bond acceptors (Lipinski definition) is 5. The zero-order valence-corrected chi connectivity index (χ0v) is 16.7. The quantitative estimate of drug-likeness (QED) is 0.644. The van der Waals surface area contributed by atoms with Crippen LogP contribution in [0.5, 0.6) is 0 Å². The summed E-state index contributed by atoms with van der Waals surface area (Å²) in [6.45, 7) is 1.94. The van der Waals surface area contributed by atoms with E-state index in [1.807, 2.05) is 37.3 Å². The Kier molecular flexibility index (Phi) is 5.42. The number of hydrogen-bond donors (Lipinski definition) is 2. The lowest BCUT2D eigenvalue weighted by Gasteiger charge is -2.33. The Bertz CT molecular complexity index is 1050. The molecule has 2 aromatic carbocycles. The van der Waals surface area contributed by atoms with Crippen molar-refractivity contribution in [2.24, 2.45) is 0 Å². The molecule has 2 heterocycles. The third kappa shape index (κ3) is 3.87. The number of halogens is 3. The Morgan fingerprint density at radius 1 is 1.13 bits per heavy atom. The van der Waals surface area contributed by atoms with E-state index in [1.54, 1.807) is 4.68 Å². The van der Waals surface area contributed by atoms with E-state index in [0.29, 0.717) is 17.4 Å². The number of para-hydroxylation sites is 1. The second-order valence-corrected chi connectivity index (χ2v) is 7.78. The minimum atomic E-state index is -4.57. The highest BCUT2D eigenvalue weighted by molar-refractivity contribution is 8.00. The van der Waals surface area contributed by atoms with Gasteiger partial charge in [0.1, 0.15) is 5.25 Å². The molecule has 30 heavy (non-hydrogen) atoms. The first kappa shape index (κ1) is 20.3. The van der Waals surface area contributed by atoms with Gasteiger partial charge in [0, 0.05) is 6.42 Å². The Morgan fingerprint density at radius 3 is 2.53 bits per heavy atom. The normalized spacial score (nSPS) is 18.4. The van der Waals surface area contributed by atoms with Gasteiger partial charge in [-0.25, -0.2) is 4.68 Å². The smallest absolute Gasteiger partial charge is 0.324 e. The number of rotatable bonds is 4. The number of nitrogens with one attached hydrogen (secondary N) is 2. The number of thioether (sulfide) groups is 1. The Balaban J connectivity index is 1.68. The van der Waals surface area contributed by atoms with Gasteiger partial charge in [0.05, 0.1) is 17.3 Å². The van der Waals surface area contributed by atoms with Gasteiger partial charge in [0.25, 0.3) is 0 Å². The van der Waals surface area contributed by atoms with Crippen LogP contribution in [0.2, 0.25) is 0 Å². The molecule has 0 saturated heterocycles. The van der Waals surface area contributed by atoms with Crippen molar-refractivity contribution in [1.29, 1.82) is 0 Å². The van der Waals surface area contributed by atoms with E-state index in [4.69, 9.17) is 0 Å². The summed E-state index contributed by atoms with van der Waals surface area (Å²) >= 11 is 1.17. The van der Waals surface area contributed by atoms with Gasteiger partial charge in [0.15, 0.2) is 5.82 Å². The van der Waals surface area contributed by atoms with E-state index in [2.05, 4.69) is 20.9 Å². The lowest BCUT2D eigenvalue weighted by molar-refractivity contribution is -0.137. The molecule has 2 atom stereocenters. The summed E-state index contributed by atoms with van der Waals surface area (Å²) in [6, 6.07) is 13.7. The molecule has 0 aliphatic carbocycles. The molecule has 10 heteroatoms. The number of aromatic nitrogens is 3. The van der Waals surface area contributed by atoms with Gasteiger partial charge in [0.2, 0.25) is 11.1 Å². The van der Waals surface area contributed by atoms with Gasteiger partial charge in [-0.3, -0.25) is 4.79 Å². The molecule has 6 nitrogen and oxygen atoms in total. The Labute approximate surface area is 174 Å². The number of nitrogens with zero attached hydrogens (tertiary/aromatic N) is 3. The van der Waals surface area contributed by atoms with Crippen molar-refractivity contribution in [3.63, 3.8) is 0 Å². The first-order chi connectivity index (χ1) is 14.4. The summed E-state index contributed by atoms with van der Waals surface area (Å²) in [5.41, 5.74) is 2.93. The van der Waals surface area contributed by atoms with E-state index in [1.165, 1.54) is 30.0 Å². The fourth-order valence-electron chi connectivity index (χ4n) is 3.28. The van der Waals surface area contributed by atoms with E-state index < -0.39 is 28.9 Å². The van der Waals surface area contributed by atoms with Crippen LogP contribution < -0.4 is 10.7 Å². The number of aryl methyl sites for hydroxylation is 1. The summed E-state index contributed by atoms with van der Waals surface area (Å²) in [4.78, 5) is 13.1. The highest BCUT2D eigenvalue weighted by atomic mass is 32.2. The number of fused-ring (bicyclic) bond motifs is 1. The fourth-order valence-corrected chi connectivity index (χ4v) is 4.38. The van der Waals surface area contributed by atoms with Crippen LogP contribution in [0, 0.1) is 0 Å². The summed E-state index contributed by atoms with van der Waals surface area (Å²) in [7, 11) is 0. The third-order valence-electron chi connectivity index (χ3n) is 4.73. The molecule has 2 N–H and O–H groups in total. The van der Waals surface area contributed by atoms with Crippen molar-refractivity contribution in [3.8, 4) is 0 Å². The summed E-state index contributed by atoms with van der Waals surface area (Å²) < 4.78 is 41.7. The topological polar surface area (TPSA) is 71.8 Å². The number of alkyl halides is 3. The summed E-state index contributed by atoms with van der Waals surface area (Å²) in [5.74, 6) is 0.157. The highest BCUT2D eigenvalue weighted by Crippen LogP contribution is 2.39. The minimum absolute atomic E-state index is 0.274. The van der Waals surface area contributed by atoms with Crippen molar-refractivity contribution in [1.82, 2.24) is 14.9 Å². The molecule has 1 aromatic heterocycles. The van der Waals surface area contributed by atoms with Gasteiger partial charge < -0.3 is 10.7 Å². The highest BCUT2D eigenvalue weighted by Gasteiger charge is 2.39. The molecule has 0 spiro atoms. The van der Waals surface area contributed by atoms with Crippen molar-refractivity contribution in [2.75, 3.05) is 10.7 Å². The monoisotopic (exact) mass is 433 g/mol. The molecule has 1 aliphatic heterocycles. The fraction of sp³-hybridized carbons (Fsp3) is 0.250. The van der Waals surface area contributed by atoms with Crippen molar-refractivity contribution >= 4 is 23.4 Å². The summed E-state index contributed by atoms with van der Waals surface area (Å²) in [6.07, 6.45) is -3.94. The van der Waals surface area contributed by atoms with Crippen LogP contribution in [0.1, 0.15) is 29.9 Å². The van der Waals surface area contributed by atoms with Crippen LogP contribution in [-0.4, -0.2) is 26.0 Å². The molecule has 1 aliphatic rings. The number of amides is 1. The first-order valence-corrected chi connectivity index (χ1v) is 10.2. The lowest BCUT2D eigenvalue weighted by atomic mass is 10.0. The van der Waals surface area contributed by atoms with Gasteiger partial charge >= 0.3 is 6.18 Å². The Morgan fingerprint density at radius 2 is 1.83 bits per heavy atom. The SMILES string of the molecule is CCc1nnc2n1N[C@@H](c1ccccc1)[C@H](C(=O)Nc1ccccc1C(F)(F)F)S2. The van der Waals surface area contributed by atoms with Gasteiger partial charge in [-0.05, 0) is 17.7 Å². The second-order valence-electron chi connectivity index (χ2n) is 6.68. The standard InChI is InChI=1S/C20H18F3N5OS/c1-2-15-25-26-19-28(15)27-16(12-8-4-3-5-9-12)17(30-19)18(29)24-14-11-7-6-10-13(14)20(21,22)23/h3-11,16-17,27H,2H2,1H3,(H,24,29)/t16-,17+/m0/s1. The molecule has 0 unspecified atom stereocenters. The molecule has 1 amide bonds. The molecule has 0 radical (unpaired) electrons. The zero-order chi connectivity index (χ0) is 21.3. The molecular formula is C20H18F3N5OS. The van der Waals surface area contributed by atoms with Gasteiger partial charge in [-0.1, -0.05) is 61.2 Å². The summed E-state index contributed by atoms with van der Waals surface area (Å²) in [5, 5.41) is 10.4. The maximum absolute atomic E-state index is 13.3. The van der Waals surface area contributed by atoms with E-state index in [0.717, 1.165) is 11.6 Å². The maximum Gasteiger partial charge on any atom is 0.418 e. The minimum Gasteiger partial charge on any atom is -0.324 e. The second kappa shape index (κ2) is 8.02. The molecule has 0 saturated carbocycles. The maximum atomic E-state index is 13.3. The van der Waals surface area contributed by atoms with Crippen molar-refractivity contribution < 1.29 is 18.0 Å². The molecule has 0 fully saturated rings. The van der Waals surface area contributed by atoms with Crippen molar-refractivity contribution in [2.45, 2.75) is 36.0 Å². The first-order valence-electron chi connectivity index (χ1n) is 9.28. The number of anilines is 1. The van der Waals surface area contributed by atoms with Crippen LogP contribution in [0.25, 0.3) is 0 Å². The van der Waals surface area contributed by atoms with E-state index >= 15 is 0 Å². The van der Waals surface area contributed by atoms with Gasteiger partial charge in [-0.2, -0.15) is 13.2 Å². The van der Waals surface area contributed by atoms with Crippen molar-refractivity contribution in [3.05, 3.63) is 71.5 Å². The average molecular weight is 433 g/mol. The predicted molar refractivity (Wildman–Crippen MR) is 108 cm³/mol. The van der Waals surface area contributed by atoms with Crippen LogP contribution in [0.4, 0.5) is 18.9 Å². The number of benzene rings is 2. The van der Waals surface area contributed by atoms with Crippen LogP contribution in [0.3, 0.4) is 0 Å². The molecule has 4 rings (SSSR count). The third-order valence-corrected chi connectivity index (χ3v) is 5.94. The number of carbonyl (C=O) groups is 1. The Hall–Kier alpha value is -3.01. The number of carbonyl (C=O) groups excluding carboxylic acids is 1. The zero-order valence-electron chi connectivity index (χ0n) is 15.8. The lowest BCUT2D eigenvalue weighted by Crippen LogP contribution is -2.41. The van der Waals surface area contributed by atoms with E-state index in [9.17, 15) is 18.0 Å². The molecular weight excluding hydrogens is 415 g/mol. The van der Waals surface area contributed by atoms with Crippen LogP contribution >= 0.6 is 11.8 Å². The van der Waals surface area contributed by atoms with Gasteiger partial charge in [-0.15, -0.1) is 10.2 Å². The average Bonchev–Trinajstić information content (AvgIpc) is 3.15. The molecule has 0 bridgehead atoms. The van der Waals surface area contributed by atoms with Crippen LogP contribution in [-0.2, 0) is 17.4 Å². The van der Waals surface area contributed by atoms with Crippen LogP contribution in [0.15, 0.2) is 59.8 Å². The predicted octanol–water partition coefficient (Wildman–Crippen LogP) is 4.26.